The Labute approximate surface area is 120 Å². The first-order chi connectivity index (χ1) is 10.2. The van der Waals surface area contributed by atoms with Gasteiger partial charge in [0.25, 0.3) is 11.8 Å². The lowest BCUT2D eigenvalue weighted by atomic mass is 10.0. The number of carbonyl (C=O) groups is 2. The van der Waals surface area contributed by atoms with Crippen molar-refractivity contribution < 1.29 is 9.59 Å². The summed E-state index contributed by atoms with van der Waals surface area (Å²) in [4.78, 5) is 34.2. The van der Waals surface area contributed by atoms with Gasteiger partial charge in [0, 0.05) is 18.9 Å². The summed E-state index contributed by atoms with van der Waals surface area (Å²) in [6, 6.07) is 7.33. The zero-order valence-electron chi connectivity index (χ0n) is 11.3. The van der Waals surface area contributed by atoms with Crippen LogP contribution in [0.3, 0.4) is 0 Å². The molecule has 1 aliphatic rings. The van der Waals surface area contributed by atoms with Crippen LogP contribution in [-0.4, -0.2) is 33.2 Å². The third-order valence-electron chi connectivity index (χ3n) is 3.83. The van der Waals surface area contributed by atoms with E-state index in [0.717, 1.165) is 21.8 Å². The van der Waals surface area contributed by atoms with E-state index >= 15 is 0 Å². The summed E-state index contributed by atoms with van der Waals surface area (Å²) in [6.45, 7) is 2.18. The number of fused-ring (bicyclic) bond motifs is 3. The minimum absolute atomic E-state index is 0.223. The minimum atomic E-state index is -0.223. The molecule has 5 nitrogen and oxygen atoms in total. The van der Waals surface area contributed by atoms with E-state index in [1.807, 2.05) is 12.1 Å². The van der Waals surface area contributed by atoms with Crippen molar-refractivity contribution >= 4 is 33.6 Å². The van der Waals surface area contributed by atoms with Gasteiger partial charge in [-0.3, -0.25) is 24.5 Å². The maximum atomic E-state index is 12.2. The van der Waals surface area contributed by atoms with Gasteiger partial charge in [0.15, 0.2) is 0 Å². The van der Waals surface area contributed by atoms with Crippen molar-refractivity contribution in [3.63, 3.8) is 0 Å². The second-order valence-corrected chi connectivity index (χ2v) is 5.00. The lowest BCUT2D eigenvalue weighted by Crippen LogP contribution is -2.29. The van der Waals surface area contributed by atoms with Crippen LogP contribution in [0.5, 0.6) is 0 Å². The number of imide groups is 1. The molecule has 21 heavy (non-hydrogen) atoms. The standard InChI is InChI=1S/C16H11N3O2/c1-2-19-15(20)11-5-9-7-13-14(18-4-3-17-13)8-10(9)6-12(11)16(19)21/h3-8H,2H2,1H3. The van der Waals surface area contributed by atoms with E-state index in [-0.39, 0.29) is 11.8 Å². The third kappa shape index (κ3) is 1.57. The Hall–Kier alpha value is -2.82. The molecular formula is C16H11N3O2. The van der Waals surface area contributed by atoms with E-state index in [0.29, 0.717) is 17.7 Å². The first-order valence-electron chi connectivity index (χ1n) is 6.74. The molecule has 0 atom stereocenters. The molecule has 5 heteroatoms. The molecule has 0 unspecified atom stereocenters. The van der Waals surface area contributed by atoms with Crippen molar-refractivity contribution in [3.05, 3.63) is 47.8 Å². The molecule has 3 aromatic rings. The molecule has 2 aromatic carbocycles. The van der Waals surface area contributed by atoms with E-state index in [9.17, 15) is 9.59 Å². The number of nitrogens with zero attached hydrogens (tertiary/aromatic N) is 3. The van der Waals surface area contributed by atoms with E-state index in [1.54, 1.807) is 31.5 Å². The van der Waals surface area contributed by atoms with Gasteiger partial charge in [-0.2, -0.15) is 0 Å². The van der Waals surface area contributed by atoms with Gasteiger partial charge in [-0.25, -0.2) is 0 Å². The van der Waals surface area contributed by atoms with Crippen LogP contribution in [0.2, 0.25) is 0 Å². The molecule has 2 heterocycles. The fourth-order valence-corrected chi connectivity index (χ4v) is 2.78. The summed E-state index contributed by atoms with van der Waals surface area (Å²) in [7, 11) is 0. The molecule has 1 aromatic heterocycles. The number of amides is 2. The lowest BCUT2D eigenvalue weighted by molar-refractivity contribution is 0.0663. The minimum Gasteiger partial charge on any atom is -0.275 e. The van der Waals surface area contributed by atoms with Crippen LogP contribution in [0.25, 0.3) is 21.8 Å². The SMILES string of the molecule is CCN1C(=O)c2cc3cc4nccnc4cc3cc2C1=O. The molecule has 0 bridgehead atoms. The van der Waals surface area contributed by atoms with Gasteiger partial charge in [-0.05, 0) is 42.0 Å². The second kappa shape index (κ2) is 4.09. The number of aromatic nitrogens is 2. The maximum absolute atomic E-state index is 12.2. The number of benzene rings is 2. The quantitative estimate of drug-likeness (QED) is 0.506. The monoisotopic (exact) mass is 277 g/mol. The molecule has 0 radical (unpaired) electrons. The molecule has 4 rings (SSSR count). The number of hydrogen-bond donors (Lipinski definition) is 0. The predicted molar refractivity (Wildman–Crippen MR) is 78.1 cm³/mol. The molecule has 0 spiro atoms. The fraction of sp³-hybridized carbons (Fsp3) is 0.125. The highest BCUT2D eigenvalue weighted by Gasteiger charge is 2.34. The van der Waals surface area contributed by atoms with Gasteiger partial charge in [-0.15, -0.1) is 0 Å². The highest BCUT2D eigenvalue weighted by Crippen LogP contribution is 2.29. The zero-order valence-corrected chi connectivity index (χ0v) is 11.3. The smallest absolute Gasteiger partial charge is 0.261 e. The Bertz CT molecular complexity index is 859. The molecule has 1 aliphatic heterocycles. The Kier molecular flexibility index (Phi) is 2.33. The zero-order chi connectivity index (χ0) is 14.6. The summed E-state index contributed by atoms with van der Waals surface area (Å²) in [6.07, 6.45) is 3.27. The molecule has 0 N–H and O–H groups in total. The van der Waals surface area contributed by atoms with Crippen molar-refractivity contribution in [1.29, 1.82) is 0 Å². The van der Waals surface area contributed by atoms with Gasteiger partial charge < -0.3 is 0 Å². The normalized spacial score (nSPS) is 14.2. The largest absolute Gasteiger partial charge is 0.275 e. The highest BCUT2D eigenvalue weighted by atomic mass is 16.2. The maximum Gasteiger partial charge on any atom is 0.261 e. The number of hydrogen-bond acceptors (Lipinski definition) is 4. The molecule has 0 fully saturated rings. The average Bonchev–Trinajstić information content (AvgIpc) is 2.74. The van der Waals surface area contributed by atoms with E-state index in [4.69, 9.17) is 0 Å². The van der Waals surface area contributed by atoms with Crippen LogP contribution in [0.1, 0.15) is 27.6 Å². The van der Waals surface area contributed by atoms with Crippen LogP contribution in [0.15, 0.2) is 36.7 Å². The van der Waals surface area contributed by atoms with Gasteiger partial charge in [-0.1, -0.05) is 0 Å². The third-order valence-corrected chi connectivity index (χ3v) is 3.83. The second-order valence-electron chi connectivity index (χ2n) is 5.00. The van der Waals surface area contributed by atoms with Crippen molar-refractivity contribution in [2.45, 2.75) is 6.92 Å². The number of rotatable bonds is 1. The topological polar surface area (TPSA) is 63.2 Å². The highest BCUT2D eigenvalue weighted by molar-refractivity contribution is 6.23. The Morgan fingerprint density at radius 1 is 0.857 bits per heavy atom. The van der Waals surface area contributed by atoms with Crippen molar-refractivity contribution in [2.75, 3.05) is 6.54 Å². The van der Waals surface area contributed by atoms with Crippen molar-refractivity contribution in [3.8, 4) is 0 Å². The molecule has 0 aliphatic carbocycles. The Balaban J connectivity index is 2.04. The van der Waals surface area contributed by atoms with E-state index in [1.165, 1.54) is 4.90 Å². The molecule has 102 valence electrons. The Morgan fingerprint density at radius 3 is 1.76 bits per heavy atom. The first kappa shape index (κ1) is 12.0. The van der Waals surface area contributed by atoms with Gasteiger partial charge in [0.05, 0.1) is 22.2 Å². The van der Waals surface area contributed by atoms with Crippen LogP contribution in [0.4, 0.5) is 0 Å². The average molecular weight is 277 g/mol. The van der Waals surface area contributed by atoms with Crippen LogP contribution >= 0.6 is 0 Å². The first-order valence-corrected chi connectivity index (χ1v) is 6.74. The van der Waals surface area contributed by atoms with Crippen LogP contribution in [-0.2, 0) is 0 Å². The molecular weight excluding hydrogens is 266 g/mol. The van der Waals surface area contributed by atoms with Gasteiger partial charge >= 0.3 is 0 Å². The lowest BCUT2D eigenvalue weighted by Gasteiger charge is -2.08. The summed E-state index contributed by atoms with van der Waals surface area (Å²) in [5.74, 6) is -0.447. The Morgan fingerprint density at radius 2 is 1.33 bits per heavy atom. The van der Waals surface area contributed by atoms with E-state index < -0.39 is 0 Å². The summed E-state index contributed by atoms with van der Waals surface area (Å²) in [5.41, 5.74) is 2.48. The fourth-order valence-electron chi connectivity index (χ4n) is 2.78. The van der Waals surface area contributed by atoms with Crippen LogP contribution in [0, 0.1) is 0 Å². The van der Waals surface area contributed by atoms with Gasteiger partial charge in [0.2, 0.25) is 0 Å². The molecule has 0 saturated carbocycles. The van der Waals surface area contributed by atoms with Crippen LogP contribution < -0.4 is 0 Å². The number of carbonyl (C=O) groups excluding carboxylic acids is 2. The predicted octanol–water partition coefficient (Wildman–Crippen LogP) is 2.40. The summed E-state index contributed by atoms with van der Waals surface area (Å²) in [5, 5.41) is 1.78. The van der Waals surface area contributed by atoms with E-state index in [2.05, 4.69) is 9.97 Å². The van der Waals surface area contributed by atoms with Crippen molar-refractivity contribution in [1.82, 2.24) is 14.9 Å². The molecule has 0 saturated heterocycles. The summed E-state index contributed by atoms with van der Waals surface area (Å²) >= 11 is 0. The molecule has 2 amide bonds. The summed E-state index contributed by atoms with van der Waals surface area (Å²) < 4.78 is 0. The van der Waals surface area contributed by atoms with Crippen molar-refractivity contribution in [2.24, 2.45) is 0 Å². The van der Waals surface area contributed by atoms with Gasteiger partial charge in [0.1, 0.15) is 0 Å².